The van der Waals surface area contributed by atoms with Crippen molar-refractivity contribution in [2.45, 2.75) is 6.67 Å². The first-order valence-electron chi connectivity index (χ1n) is 3.14. The topological polar surface area (TPSA) is 43.0 Å². The molecule has 1 heterocycles. The van der Waals surface area contributed by atoms with Crippen LogP contribution in [-0.2, 0) is 6.67 Å². The molecule has 0 bridgehead atoms. The zero-order valence-electron chi connectivity index (χ0n) is 5.70. The van der Waals surface area contributed by atoms with Gasteiger partial charge in [0.15, 0.2) is 0 Å². The summed E-state index contributed by atoms with van der Waals surface area (Å²) < 4.78 is 2.01. The van der Waals surface area contributed by atoms with Gasteiger partial charge in [-0.2, -0.15) is 0 Å². The van der Waals surface area contributed by atoms with Gasteiger partial charge >= 0.3 is 0 Å². The van der Waals surface area contributed by atoms with E-state index in [1.807, 2.05) is 29.1 Å². The first-order chi connectivity index (χ1) is 4.93. The molecule has 0 aliphatic heterocycles. The van der Waals surface area contributed by atoms with E-state index < -0.39 is 0 Å². The van der Waals surface area contributed by atoms with Crippen LogP contribution in [0.25, 0.3) is 0 Å². The van der Waals surface area contributed by atoms with Crippen molar-refractivity contribution < 1.29 is 0 Å². The van der Waals surface area contributed by atoms with E-state index in [1.165, 1.54) is 6.20 Å². The molecule has 54 valence electrons. The third-order valence-electron chi connectivity index (χ3n) is 1.15. The fourth-order valence-corrected chi connectivity index (χ4v) is 0.702. The fourth-order valence-electron chi connectivity index (χ4n) is 0.702. The summed E-state index contributed by atoms with van der Waals surface area (Å²) in [6.07, 6.45) is 7.15. The van der Waals surface area contributed by atoms with Crippen LogP contribution in [0.2, 0.25) is 0 Å². The Bertz CT molecular complexity index is 189. The molecule has 0 saturated heterocycles. The largest absolute Gasteiger partial charge is 0.403 e. The van der Waals surface area contributed by atoms with Gasteiger partial charge in [0.25, 0.3) is 0 Å². The second-order valence-electron chi connectivity index (χ2n) is 1.92. The summed E-state index contributed by atoms with van der Waals surface area (Å²) in [7, 11) is 0. The lowest BCUT2D eigenvalue weighted by molar-refractivity contribution is 0.646. The third kappa shape index (κ3) is 1.85. The van der Waals surface area contributed by atoms with Crippen molar-refractivity contribution in [1.82, 2.24) is 9.88 Å². The highest BCUT2D eigenvalue weighted by Gasteiger charge is 1.81. The summed E-state index contributed by atoms with van der Waals surface area (Å²) in [5.74, 6) is 0. The van der Waals surface area contributed by atoms with Crippen molar-refractivity contribution in [1.29, 1.82) is 0 Å². The number of hydrogen-bond donors (Lipinski definition) is 2. The summed E-state index contributed by atoms with van der Waals surface area (Å²) in [6.45, 7) is 0.765. The van der Waals surface area contributed by atoms with E-state index in [1.54, 1.807) is 6.20 Å². The van der Waals surface area contributed by atoms with Crippen molar-refractivity contribution in [3.63, 3.8) is 0 Å². The molecule has 3 heteroatoms. The number of rotatable bonds is 3. The van der Waals surface area contributed by atoms with Gasteiger partial charge < -0.3 is 15.6 Å². The molecular formula is C7H11N3. The zero-order chi connectivity index (χ0) is 7.23. The molecule has 0 fully saturated rings. The summed E-state index contributed by atoms with van der Waals surface area (Å²) >= 11 is 0. The molecule has 0 unspecified atom stereocenters. The standard InChI is InChI=1S/C7H11N3/c8-3-4-9-7-10-5-1-2-6-10/h1-6,9H,7-8H2. The molecule has 0 radical (unpaired) electrons. The van der Waals surface area contributed by atoms with Crippen molar-refractivity contribution in [2.75, 3.05) is 0 Å². The van der Waals surface area contributed by atoms with Crippen molar-refractivity contribution in [3.8, 4) is 0 Å². The normalized spacial score (nSPS) is 10.4. The molecule has 1 aromatic rings. The lowest BCUT2D eigenvalue weighted by atomic mass is 10.7. The summed E-state index contributed by atoms with van der Waals surface area (Å²) in [4.78, 5) is 0. The van der Waals surface area contributed by atoms with Crippen LogP contribution >= 0.6 is 0 Å². The third-order valence-corrected chi connectivity index (χ3v) is 1.15. The molecule has 0 aromatic carbocycles. The molecule has 3 nitrogen and oxygen atoms in total. The summed E-state index contributed by atoms with van der Waals surface area (Å²) in [6, 6.07) is 3.96. The first kappa shape index (κ1) is 6.74. The first-order valence-corrected chi connectivity index (χ1v) is 3.14. The second-order valence-corrected chi connectivity index (χ2v) is 1.92. The van der Waals surface area contributed by atoms with Crippen LogP contribution in [0.5, 0.6) is 0 Å². The molecule has 1 aromatic heterocycles. The SMILES string of the molecule is NC=CNCn1cccc1. The Hall–Kier alpha value is -1.38. The van der Waals surface area contributed by atoms with Gasteiger partial charge in [-0.3, -0.25) is 0 Å². The minimum atomic E-state index is 0.765. The van der Waals surface area contributed by atoms with E-state index in [0.29, 0.717) is 0 Å². The quantitative estimate of drug-likeness (QED) is 0.635. The molecule has 0 saturated carbocycles. The van der Waals surface area contributed by atoms with E-state index in [2.05, 4.69) is 5.32 Å². The lowest BCUT2D eigenvalue weighted by Gasteiger charge is -2.00. The number of aromatic nitrogens is 1. The Morgan fingerprint density at radius 3 is 2.70 bits per heavy atom. The van der Waals surface area contributed by atoms with Crippen LogP contribution in [0.1, 0.15) is 0 Å². The predicted molar refractivity (Wildman–Crippen MR) is 40.9 cm³/mol. The molecule has 0 atom stereocenters. The Balaban J connectivity index is 2.28. The number of nitrogens with one attached hydrogen (secondary N) is 1. The van der Waals surface area contributed by atoms with Gasteiger partial charge in [0.1, 0.15) is 0 Å². The number of nitrogens with two attached hydrogens (primary N) is 1. The van der Waals surface area contributed by atoms with E-state index in [9.17, 15) is 0 Å². The average Bonchev–Trinajstić information content (AvgIpc) is 2.41. The maximum Gasteiger partial charge on any atom is 0.0909 e. The van der Waals surface area contributed by atoms with Gasteiger partial charge in [-0.1, -0.05) is 0 Å². The maximum atomic E-state index is 5.12. The minimum absolute atomic E-state index is 0.765. The molecule has 0 aliphatic carbocycles. The number of hydrogen-bond acceptors (Lipinski definition) is 2. The highest BCUT2D eigenvalue weighted by molar-refractivity contribution is 4.90. The van der Waals surface area contributed by atoms with Crippen molar-refractivity contribution >= 4 is 0 Å². The Morgan fingerprint density at radius 2 is 2.10 bits per heavy atom. The van der Waals surface area contributed by atoms with Crippen LogP contribution in [0.4, 0.5) is 0 Å². The van der Waals surface area contributed by atoms with Crippen molar-refractivity contribution in [2.24, 2.45) is 5.73 Å². The van der Waals surface area contributed by atoms with Gasteiger partial charge in [0.2, 0.25) is 0 Å². The van der Waals surface area contributed by atoms with Gasteiger partial charge in [0.05, 0.1) is 6.67 Å². The second kappa shape index (κ2) is 3.61. The Morgan fingerprint density at radius 1 is 1.40 bits per heavy atom. The molecule has 3 N–H and O–H groups in total. The van der Waals surface area contributed by atoms with Crippen molar-refractivity contribution in [3.05, 3.63) is 36.9 Å². The lowest BCUT2D eigenvalue weighted by Crippen LogP contribution is -2.10. The molecule has 0 spiro atoms. The number of nitrogens with zero attached hydrogens (tertiary/aromatic N) is 1. The van der Waals surface area contributed by atoms with Gasteiger partial charge in [-0.05, 0) is 12.1 Å². The van der Waals surface area contributed by atoms with Crippen LogP contribution in [-0.4, -0.2) is 4.57 Å². The molecule has 0 aliphatic rings. The monoisotopic (exact) mass is 137 g/mol. The predicted octanol–water partition coefficient (Wildman–Crippen LogP) is 0.465. The molecule has 0 amide bonds. The zero-order valence-corrected chi connectivity index (χ0v) is 5.70. The highest BCUT2D eigenvalue weighted by Crippen LogP contribution is 1.85. The fraction of sp³-hybridized carbons (Fsp3) is 0.143. The Kier molecular flexibility index (Phi) is 2.43. The van der Waals surface area contributed by atoms with E-state index in [0.717, 1.165) is 6.67 Å². The van der Waals surface area contributed by atoms with E-state index in [4.69, 9.17) is 5.73 Å². The highest BCUT2D eigenvalue weighted by atomic mass is 15.1. The smallest absolute Gasteiger partial charge is 0.0909 e. The van der Waals surface area contributed by atoms with Gasteiger partial charge in [0, 0.05) is 24.8 Å². The Labute approximate surface area is 60.1 Å². The summed E-state index contributed by atoms with van der Waals surface area (Å²) in [5, 5.41) is 2.99. The van der Waals surface area contributed by atoms with Crippen LogP contribution in [0, 0.1) is 0 Å². The minimum Gasteiger partial charge on any atom is -0.403 e. The van der Waals surface area contributed by atoms with E-state index in [-0.39, 0.29) is 0 Å². The van der Waals surface area contributed by atoms with E-state index >= 15 is 0 Å². The molecule has 1 rings (SSSR count). The average molecular weight is 137 g/mol. The van der Waals surface area contributed by atoms with Crippen LogP contribution in [0.15, 0.2) is 36.9 Å². The summed E-state index contributed by atoms with van der Waals surface area (Å²) in [5.41, 5.74) is 5.12. The maximum absolute atomic E-state index is 5.12. The van der Waals surface area contributed by atoms with Crippen LogP contribution in [0.3, 0.4) is 0 Å². The van der Waals surface area contributed by atoms with Crippen LogP contribution < -0.4 is 11.1 Å². The molecule has 10 heavy (non-hydrogen) atoms. The molecular weight excluding hydrogens is 126 g/mol. The van der Waals surface area contributed by atoms with Gasteiger partial charge in [-0.25, -0.2) is 0 Å². The van der Waals surface area contributed by atoms with Gasteiger partial charge in [-0.15, -0.1) is 0 Å².